The molecule has 1 aromatic carbocycles. The fourth-order valence-corrected chi connectivity index (χ4v) is 3.55. The van der Waals surface area contributed by atoms with Crippen molar-refractivity contribution in [2.24, 2.45) is 0 Å². The van der Waals surface area contributed by atoms with E-state index in [0.29, 0.717) is 12.1 Å². The number of nitrogens with zero attached hydrogens (tertiary/aromatic N) is 1. The van der Waals surface area contributed by atoms with Crippen LogP contribution in [0.15, 0.2) is 24.3 Å². The minimum absolute atomic E-state index is 0.469. The highest BCUT2D eigenvalue weighted by Gasteiger charge is 2.37. The van der Waals surface area contributed by atoms with Gasteiger partial charge in [0, 0.05) is 24.7 Å². The van der Waals surface area contributed by atoms with Gasteiger partial charge < -0.3 is 5.32 Å². The summed E-state index contributed by atoms with van der Waals surface area (Å²) in [6.45, 7) is 7.06. The van der Waals surface area contributed by atoms with Crippen LogP contribution in [0.4, 0.5) is 0 Å². The first-order chi connectivity index (χ1) is 8.74. The second kappa shape index (κ2) is 5.02. The van der Waals surface area contributed by atoms with E-state index in [1.54, 1.807) is 0 Å². The molecule has 2 heterocycles. The maximum atomic E-state index is 3.84. The highest BCUT2D eigenvalue weighted by atomic mass is 15.2. The molecule has 0 saturated carbocycles. The first-order valence-corrected chi connectivity index (χ1v) is 7.31. The molecule has 18 heavy (non-hydrogen) atoms. The van der Waals surface area contributed by atoms with Crippen molar-refractivity contribution < 1.29 is 0 Å². The quantitative estimate of drug-likeness (QED) is 0.879. The Labute approximate surface area is 110 Å². The number of hydrogen-bond donors (Lipinski definition) is 1. The van der Waals surface area contributed by atoms with Crippen molar-refractivity contribution in [3.8, 4) is 0 Å². The van der Waals surface area contributed by atoms with Gasteiger partial charge in [-0.25, -0.2) is 0 Å². The summed E-state index contributed by atoms with van der Waals surface area (Å²) in [5, 5.41) is 3.84. The first kappa shape index (κ1) is 12.2. The van der Waals surface area contributed by atoms with Gasteiger partial charge in [0.15, 0.2) is 0 Å². The fraction of sp³-hybridized carbons (Fsp3) is 0.625. The Morgan fingerprint density at radius 3 is 2.72 bits per heavy atom. The Bertz CT molecular complexity index is 398. The van der Waals surface area contributed by atoms with E-state index in [2.05, 4.69) is 48.3 Å². The van der Waals surface area contributed by atoms with Crippen molar-refractivity contribution in [1.82, 2.24) is 10.2 Å². The Balaban J connectivity index is 1.64. The number of benzene rings is 1. The van der Waals surface area contributed by atoms with Gasteiger partial charge in [0.05, 0.1) is 0 Å². The summed E-state index contributed by atoms with van der Waals surface area (Å²) < 4.78 is 0. The summed E-state index contributed by atoms with van der Waals surface area (Å²) in [7, 11) is 0. The lowest BCUT2D eigenvalue weighted by molar-refractivity contribution is 0.291. The topological polar surface area (TPSA) is 15.3 Å². The third-order valence-corrected chi connectivity index (χ3v) is 4.65. The fourth-order valence-electron chi connectivity index (χ4n) is 3.55. The molecular weight excluding hydrogens is 220 g/mol. The number of rotatable bonds is 3. The van der Waals surface area contributed by atoms with Crippen LogP contribution in [-0.4, -0.2) is 30.1 Å². The molecule has 0 amide bonds. The summed E-state index contributed by atoms with van der Waals surface area (Å²) in [4.78, 5) is 2.67. The molecule has 1 N–H and O–H groups in total. The minimum Gasteiger partial charge on any atom is -0.306 e. The third-order valence-electron chi connectivity index (χ3n) is 4.65. The van der Waals surface area contributed by atoms with Gasteiger partial charge in [-0.15, -0.1) is 0 Å². The molecule has 1 aromatic rings. The predicted octanol–water partition coefficient (Wildman–Crippen LogP) is 2.88. The molecule has 2 aliphatic heterocycles. The predicted molar refractivity (Wildman–Crippen MR) is 75.7 cm³/mol. The van der Waals surface area contributed by atoms with Gasteiger partial charge in [0.1, 0.15) is 0 Å². The van der Waals surface area contributed by atoms with Crippen molar-refractivity contribution in [2.75, 3.05) is 13.1 Å². The standard InChI is InChI=1S/C16H24N2/c1-12-5-7-14(8-6-12)13(2)17-15-9-11-18-10-3-4-16(15)18/h5-8,13,15-17H,3-4,9-11H2,1-2H3/t13-,15?,16?/m0/s1. The average Bonchev–Trinajstić information content (AvgIpc) is 2.95. The summed E-state index contributed by atoms with van der Waals surface area (Å²) in [5.74, 6) is 0. The van der Waals surface area contributed by atoms with Crippen molar-refractivity contribution >= 4 is 0 Å². The van der Waals surface area contributed by atoms with Gasteiger partial charge in [-0.2, -0.15) is 0 Å². The van der Waals surface area contributed by atoms with Gasteiger partial charge in [-0.1, -0.05) is 29.8 Å². The molecule has 3 rings (SSSR count). The van der Waals surface area contributed by atoms with Crippen LogP contribution in [-0.2, 0) is 0 Å². The molecular formula is C16H24N2. The normalized spacial score (nSPS) is 29.4. The van der Waals surface area contributed by atoms with Crippen LogP contribution in [0.25, 0.3) is 0 Å². The molecule has 2 saturated heterocycles. The minimum atomic E-state index is 0.469. The number of nitrogens with one attached hydrogen (secondary N) is 1. The van der Waals surface area contributed by atoms with E-state index in [-0.39, 0.29) is 0 Å². The summed E-state index contributed by atoms with van der Waals surface area (Å²) >= 11 is 0. The van der Waals surface area contributed by atoms with E-state index < -0.39 is 0 Å². The zero-order chi connectivity index (χ0) is 12.5. The van der Waals surface area contributed by atoms with Crippen LogP contribution >= 0.6 is 0 Å². The maximum absolute atomic E-state index is 3.84. The lowest BCUT2D eigenvalue weighted by atomic mass is 10.0. The second-order valence-electron chi connectivity index (χ2n) is 5.94. The van der Waals surface area contributed by atoms with Crippen molar-refractivity contribution in [3.63, 3.8) is 0 Å². The van der Waals surface area contributed by atoms with Crippen LogP contribution in [0.5, 0.6) is 0 Å². The lowest BCUT2D eigenvalue weighted by Crippen LogP contribution is -2.40. The van der Waals surface area contributed by atoms with Crippen molar-refractivity contribution in [3.05, 3.63) is 35.4 Å². The lowest BCUT2D eigenvalue weighted by Gasteiger charge is -2.25. The van der Waals surface area contributed by atoms with E-state index in [0.717, 1.165) is 6.04 Å². The molecule has 2 aliphatic rings. The van der Waals surface area contributed by atoms with Crippen LogP contribution in [0.1, 0.15) is 43.4 Å². The van der Waals surface area contributed by atoms with Crippen LogP contribution in [0.2, 0.25) is 0 Å². The summed E-state index contributed by atoms with van der Waals surface area (Å²) in [6, 6.07) is 10.9. The van der Waals surface area contributed by atoms with Crippen LogP contribution in [0, 0.1) is 6.92 Å². The second-order valence-corrected chi connectivity index (χ2v) is 5.94. The zero-order valence-electron chi connectivity index (χ0n) is 11.5. The number of fused-ring (bicyclic) bond motifs is 1. The molecule has 2 nitrogen and oxygen atoms in total. The molecule has 0 bridgehead atoms. The number of aryl methyl sites for hydroxylation is 1. The average molecular weight is 244 g/mol. The van der Waals surface area contributed by atoms with Crippen molar-refractivity contribution in [1.29, 1.82) is 0 Å². The number of hydrogen-bond acceptors (Lipinski definition) is 2. The van der Waals surface area contributed by atoms with E-state index in [1.807, 2.05) is 0 Å². The van der Waals surface area contributed by atoms with Gasteiger partial charge in [0.2, 0.25) is 0 Å². The largest absolute Gasteiger partial charge is 0.306 e. The maximum Gasteiger partial charge on any atom is 0.0295 e. The molecule has 2 fully saturated rings. The molecule has 2 heteroatoms. The van der Waals surface area contributed by atoms with Gasteiger partial charge in [0.25, 0.3) is 0 Å². The Kier molecular flexibility index (Phi) is 3.40. The molecule has 0 aromatic heterocycles. The van der Waals surface area contributed by atoms with Crippen LogP contribution in [0.3, 0.4) is 0 Å². The monoisotopic (exact) mass is 244 g/mol. The summed E-state index contributed by atoms with van der Waals surface area (Å²) in [6.07, 6.45) is 4.10. The summed E-state index contributed by atoms with van der Waals surface area (Å²) in [5.41, 5.74) is 2.76. The van der Waals surface area contributed by atoms with Crippen molar-refractivity contribution in [2.45, 2.75) is 51.2 Å². The molecule has 0 radical (unpaired) electrons. The third kappa shape index (κ3) is 2.32. The van der Waals surface area contributed by atoms with Gasteiger partial charge in [-0.05, 0) is 45.2 Å². The SMILES string of the molecule is Cc1ccc([C@H](C)NC2CCN3CCCC23)cc1. The smallest absolute Gasteiger partial charge is 0.0295 e. The van der Waals surface area contributed by atoms with E-state index >= 15 is 0 Å². The Morgan fingerprint density at radius 1 is 1.17 bits per heavy atom. The molecule has 2 unspecified atom stereocenters. The van der Waals surface area contributed by atoms with Gasteiger partial charge in [-0.3, -0.25) is 4.90 Å². The molecule has 0 spiro atoms. The Morgan fingerprint density at radius 2 is 1.94 bits per heavy atom. The van der Waals surface area contributed by atoms with E-state index in [4.69, 9.17) is 0 Å². The first-order valence-electron chi connectivity index (χ1n) is 7.31. The highest BCUT2D eigenvalue weighted by molar-refractivity contribution is 5.24. The molecule has 0 aliphatic carbocycles. The Hall–Kier alpha value is -0.860. The van der Waals surface area contributed by atoms with E-state index in [9.17, 15) is 0 Å². The van der Waals surface area contributed by atoms with E-state index in [1.165, 1.54) is 43.5 Å². The van der Waals surface area contributed by atoms with Gasteiger partial charge >= 0.3 is 0 Å². The molecule has 98 valence electrons. The molecule has 3 atom stereocenters. The highest BCUT2D eigenvalue weighted by Crippen LogP contribution is 2.29. The zero-order valence-corrected chi connectivity index (χ0v) is 11.5. The van der Waals surface area contributed by atoms with Crippen LogP contribution < -0.4 is 5.32 Å².